The summed E-state index contributed by atoms with van der Waals surface area (Å²) >= 11 is 6.03. The molecule has 1 aromatic heterocycles. The summed E-state index contributed by atoms with van der Waals surface area (Å²) in [6, 6.07) is 19.7. The van der Waals surface area contributed by atoms with Gasteiger partial charge in [-0.15, -0.1) is 0 Å². The van der Waals surface area contributed by atoms with Gasteiger partial charge in [-0.05, 0) is 86.8 Å². The fourth-order valence-corrected chi connectivity index (χ4v) is 4.28. The maximum atomic E-state index is 13.7. The van der Waals surface area contributed by atoms with Gasteiger partial charge in [-0.2, -0.15) is 0 Å². The first-order chi connectivity index (χ1) is 16.3. The molecule has 4 rings (SSSR count). The van der Waals surface area contributed by atoms with E-state index >= 15 is 0 Å². The van der Waals surface area contributed by atoms with Gasteiger partial charge in [0.25, 0.3) is 11.5 Å². The first-order valence-corrected chi connectivity index (χ1v) is 11.9. The maximum Gasteiger partial charge on any atom is 0.266 e. The monoisotopic (exact) mass is 473 g/mol. The van der Waals surface area contributed by atoms with Crippen LogP contribution in [-0.4, -0.2) is 26.9 Å². The van der Waals surface area contributed by atoms with Crippen molar-refractivity contribution < 1.29 is 4.79 Å². The summed E-state index contributed by atoms with van der Waals surface area (Å²) in [4.78, 5) is 33.9. The summed E-state index contributed by atoms with van der Waals surface area (Å²) in [6.07, 6.45) is 0.769. The molecule has 0 aliphatic rings. The molecule has 0 aliphatic heterocycles. The number of amides is 1. The van der Waals surface area contributed by atoms with Crippen LogP contribution >= 0.6 is 11.6 Å². The second-order valence-electron chi connectivity index (χ2n) is 8.58. The van der Waals surface area contributed by atoms with Crippen LogP contribution in [0.15, 0.2) is 71.5 Å². The van der Waals surface area contributed by atoms with Crippen molar-refractivity contribution >= 4 is 28.4 Å². The number of para-hydroxylation sites is 1. The molecule has 0 bridgehead atoms. The molecule has 1 heterocycles. The van der Waals surface area contributed by atoms with E-state index in [0.717, 1.165) is 23.2 Å². The van der Waals surface area contributed by atoms with Crippen LogP contribution in [0.1, 0.15) is 53.6 Å². The van der Waals surface area contributed by atoms with Gasteiger partial charge in [0.15, 0.2) is 0 Å². The van der Waals surface area contributed by atoms with E-state index < -0.39 is 6.04 Å². The van der Waals surface area contributed by atoms with Crippen LogP contribution in [0.25, 0.3) is 16.6 Å². The third kappa shape index (κ3) is 4.48. The Morgan fingerprint density at radius 2 is 1.74 bits per heavy atom. The largest absolute Gasteiger partial charge is 0.329 e. The summed E-state index contributed by atoms with van der Waals surface area (Å²) in [5.74, 6) is 0.405. The summed E-state index contributed by atoms with van der Waals surface area (Å²) in [5, 5.41) is 1.12. The predicted octanol–water partition coefficient (Wildman–Crippen LogP) is 6.27. The molecule has 1 atom stereocenters. The quantitative estimate of drug-likeness (QED) is 0.331. The molecular weight excluding hydrogens is 446 g/mol. The number of aromatic nitrogens is 2. The Balaban J connectivity index is 1.91. The van der Waals surface area contributed by atoms with E-state index in [0.29, 0.717) is 33.9 Å². The van der Waals surface area contributed by atoms with Gasteiger partial charge in [-0.25, -0.2) is 4.98 Å². The highest BCUT2D eigenvalue weighted by molar-refractivity contribution is 6.30. The summed E-state index contributed by atoms with van der Waals surface area (Å²) in [6.45, 7) is 8.54. The van der Waals surface area contributed by atoms with Gasteiger partial charge in [0, 0.05) is 17.1 Å². The van der Waals surface area contributed by atoms with Crippen molar-refractivity contribution in [1.29, 1.82) is 0 Å². The van der Waals surface area contributed by atoms with Crippen molar-refractivity contribution in [2.45, 2.75) is 40.2 Å². The number of benzene rings is 3. The molecule has 0 saturated carbocycles. The Hall–Kier alpha value is -3.44. The van der Waals surface area contributed by atoms with Gasteiger partial charge in [-0.1, -0.05) is 36.7 Å². The van der Waals surface area contributed by atoms with Crippen LogP contribution in [0.3, 0.4) is 0 Å². The highest BCUT2D eigenvalue weighted by Crippen LogP contribution is 2.26. The molecule has 0 fully saturated rings. The lowest BCUT2D eigenvalue weighted by molar-refractivity contribution is 0.0681. The molecule has 174 valence electrons. The number of carbonyl (C=O) groups excluding carboxylic acids is 1. The van der Waals surface area contributed by atoms with Crippen molar-refractivity contribution in [3.05, 3.63) is 105 Å². The second kappa shape index (κ2) is 9.82. The zero-order valence-electron chi connectivity index (χ0n) is 19.9. The van der Waals surface area contributed by atoms with Crippen molar-refractivity contribution in [3.8, 4) is 5.69 Å². The smallest absolute Gasteiger partial charge is 0.266 e. The average Bonchev–Trinajstić information content (AvgIpc) is 2.84. The zero-order chi connectivity index (χ0) is 24.4. The Morgan fingerprint density at radius 3 is 2.41 bits per heavy atom. The number of halogens is 1. The predicted molar refractivity (Wildman–Crippen MR) is 138 cm³/mol. The first kappa shape index (κ1) is 23.7. The van der Waals surface area contributed by atoms with Crippen LogP contribution in [-0.2, 0) is 0 Å². The van der Waals surface area contributed by atoms with E-state index in [4.69, 9.17) is 16.6 Å². The van der Waals surface area contributed by atoms with Gasteiger partial charge in [0.2, 0.25) is 0 Å². The third-order valence-electron chi connectivity index (χ3n) is 6.21. The highest BCUT2D eigenvalue weighted by atomic mass is 35.5. The number of hydrogen-bond donors (Lipinski definition) is 0. The Kier molecular flexibility index (Phi) is 6.85. The molecule has 6 heteroatoms. The van der Waals surface area contributed by atoms with Crippen molar-refractivity contribution in [2.75, 3.05) is 6.54 Å². The van der Waals surface area contributed by atoms with Crippen LogP contribution in [0.4, 0.5) is 0 Å². The normalized spacial score (nSPS) is 12.0. The molecule has 34 heavy (non-hydrogen) atoms. The molecule has 5 nitrogen and oxygen atoms in total. The first-order valence-electron chi connectivity index (χ1n) is 11.5. The maximum absolute atomic E-state index is 13.7. The average molecular weight is 474 g/mol. The van der Waals surface area contributed by atoms with Crippen molar-refractivity contribution in [1.82, 2.24) is 14.5 Å². The summed E-state index contributed by atoms with van der Waals surface area (Å²) < 4.78 is 1.65. The minimum absolute atomic E-state index is 0.125. The number of nitrogens with zero attached hydrogens (tertiary/aromatic N) is 3. The summed E-state index contributed by atoms with van der Waals surface area (Å²) in [7, 11) is 0. The molecule has 0 radical (unpaired) electrons. The highest BCUT2D eigenvalue weighted by Gasteiger charge is 2.27. The fraction of sp³-hybridized carbons (Fsp3) is 0.250. The lowest BCUT2D eigenvalue weighted by Crippen LogP contribution is -2.38. The lowest BCUT2D eigenvalue weighted by atomic mass is 10.1. The molecule has 4 aromatic rings. The molecule has 0 N–H and O–H groups in total. The molecular formula is C28H28ClN3O2. The van der Waals surface area contributed by atoms with Crippen LogP contribution < -0.4 is 5.56 Å². The Labute approximate surface area is 204 Å². The van der Waals surface area contributed by atoms with Gasteiger partial charge >= 0.3 is 0 Å². The minimum Gasteiger partial charge on any atom is -0.329 e. The standard InChI is InChI=1S/C28H28ClN3O2/c1-5-16-31(27(33)21-11-13-22(29)14-12-21)20(4)26-30-25-9-7-6-8-24(25)28(34)32(26)23-15-10-18(2)19(3)17-23/h6-15,17,20H,5,16H2,1-4H3. The van der Waals surface area contributed by atoms with E-state index in [2.05, 4.69) is 0 Å². The minimum atomic E-state index is -0.443. The Bertz CT molecular complexity index is 1410. The fourth-order valence-electron chi connectivity index (χ4n) is 4.15. The molecule has 1 unspecified atom stereocenters. The van der Waals surface area contributed by atoms with E-state index in [1.165, 1.54) is 0 Å². The molecule has 1 amide bonds. The van der Waals surface area contributed by atoms with Crippen molar-refractivity contribution in [3.63, 3.8) is 0 Å². The number of hydrogen-bond acceptors (Lipinski definition) is 3. The topological polar surface area (TPSA) is 55.2 Å². The van der Waals surface area contributed by atoms with Crippen LogP contribution in [0.2, 0.25) is 5.02 Å². The van der Waals surface area contributed by atoms with E-state index in [1.807, 2.05) is 64.1 Å². The van der Waals surface area contributed by atoms with E-state index in [-0.39, 0.29) is 11.5 Å². The zero-order valence-corrected chi connectivity index (χ0v) is 20.6. The Morgan fingerprint density at radius 1 is 1.03 bits per heavy atom. The van der Waals surface area contributed by atoms with Crippen LogP contribution in [0, 0.1) is 13.8 Å². The summed E-state index contributed by atoms with van der Waals surface area (Å²) in [5.41, 5.74) is 3.98. The number of rotatable bonds is 6. The lowest BCUT2D eigenvalue weighted by Gasteiger charge is -2.30. The molecule has 0 spiro atoms. The van der Waals surface area contributed by atoms with E-state index in [1.54, 1.807) is 39.8 Å². The molecule has 3 aromatic carbocycles. The third-order valence-corrected chi connectivity index (χ3v) is 6.46. The number of aryl methyl sites for hydroxylation is 2. The van der Waals surface area contributed by atoms with E-state index in [9.17, 15) is 9.59 Å². The van der Waals surface area contributed by atoms with Gasteiger partial charge < -0.3 is 4.90 Å². The van der Waals surface area contributed by atoms with Gasteiger partial charge in [0.05, 0.1) is 22.6 Å². The SMILES string of the molecule is CCCN(C(=O)c1ccc(Cl)cc1)C(C)c1nc2ccccc2c(=O)n1-c1ccc(C)c(C)c1. The number of fused-ring (bicyclic) bond motifs is 1. The van der Waals surface area contributed by atoms with Crippen molar-refractivity contribution in [2.24, 2.45) is 0 Å². The second-order valence-corrected chi connectivity index (χ2v) is 9.01. The van der Waals surface area contributed by atoms with Gasteiger partial charge in [-0.3, -0.25) is 14.2 Å². The number of carbonyl (C=O) groups is 1. The van der Waals surface area contributed by atoms with Crippen LogP contribution in [0.5, 0.6) is 0 Å². The molecule has 0 aliphatic carbocycles. The molecule has 0 saturated heterocycles. The van der Waals surface area contributed by atoms with Gasteiger partial charge in [0.1, 0.15) is 5.82 Å².